The van der Waals surface area contributed by atoms with Crippen molar-refractivity contribution >= 4 is 45.2 Å². The van der Waals surface area contributed by atoms with Gasteiger partial charge in [-0.1, -0.05) is 35.5 Å². The van der Waals surface area contributed by atoms with Gasteiger partial charge in [-0.3, -0.25) is 9.36 Å². The summed E-state index contributed by atoms with van der Waals surface area (Å²) < 4.78 is 6.89. The molecular weight excluding hydrogens is 470 g/mol. The molecule has 0 unspecified atom stereocenters. The molecule has 0 aliphatic rings. The molecule has 0 bridgehead atoms. The van der Waals surface area contributed by atoms with Gasteiger partial charge < -0.3 is 4.42 Å². The molecule has 0 saturated heterocycles. The zero-order chi connectivity index (χ0) is 23.8. The summed E-state index contributed by atoms with van der Waals surface area (Å²) in [4.78, 5) is 30.3. The van der Waals surface area contributed by atoms with E-state index in [0.717, 1.165) is 16.5 Å². The molecule has 0 radical (unpaired) electrons. The Morgan fingerprint density at radius 1 is 1.06 bits per heavy atom. The Morgan fingerprint density at radius 3 is 2.59 bits per heavy atom. The first kappa shape index (κ1) is 22.0. The van der Waals surface area contributed by atoms with Gasteiger partial charge >= 0.3 is 5.63 Å². The Hall–Kier alpha value is -3.86. The molecule has 0 aliphatic carbocycles. The van der Waals surface area contributed by atoms with E-state index < -0.39 is 5.63 Å². The number of hydrogen-bond donors (Lipinski definition) is 0. The van der Waals surface area contributed by atoms with Gasteiger partial charge in [-0.25, -0.2) is 9.78 Å². The predicted molar refractivity (Wildman–Crippen MR) is 134 cm³/mol. The predicted octanol–water partition coefficient (Wildman–Crippen LogP) is 5.62. The van der Waals surface area contributed by atoms with Crippen molar-refractivity contribution < 1.29 is 4.42 Å². The molecule has 0 aliphatic heterocycles. The minimum atomic E-state index is -0.458. The third-order valence-electron chi connectivity index (χ3n) is 5.47. The molecular formula is C26H16ClN3O3S. The lowest BCUT2D eigenvalue weighted by atomic mass is 10.1. The average molecular weight is 486 g/mol. The van der Waals surface area contributed by atoms with Gasteiger partial charge in [0.1, 0.15) is 5.58 Å². The quantitative estimate of drug-likeness (QED) is 0.186. The number of aromatic nitrogens is 2. The largest absolute Gasteiger partial charge is 0.423 e. The lowest BCUT2D eigenvalue weighted by Gasteiger charge is -2.14. The van der Waals surface area contributed by atoms with Gasteiger partial charge in [-0.15, -0.1) is 0 Å². The van der Waals surface area contributed by atoms with Crippen LogP contribution in [0.2, 0.25) is 5.02 Å². The highest BCUT2D eigenvalue weighted by atomic mass is 35.5. The molecule has 0 saturated carbocycles. The van der Waals surface area contributed by atoms with E-state index in [-0.39, 0.29) is 5.56 Å². The van der Waals surface area contributed by atoms with Crippen LogP contribution in [0.15, 0.2) is 85.9 Å². The molecule has 5 rings (SSSR count). The summed E-state index contributed by atoms with van der Waals surface area (Å²) in [6.45, 7) is 1.85. The maximum absolute atomic E-state index is 13.4. The normalized spacial score (nSPS) is 11.1. The van der Waals surface area contributed by atoms with Crippen LogP contribution in [-0.4, -0.2) is 9.55 Å². The average Bonchev–Trinajstić information content (AvgIpc) is 2.84. The first-order valence-corrected chi connectivity index (χ1v) is 11.7. The topological polar surface area (TPSA) is 88.9 Å². The lowest BCUT2D eigenvalue weighted by Crippen LogP contribution is -2.21. The first-order valence-electron chi connectivity index (χ1n) is 10.3. The van der Waals surface area contributed by atoms with E-state index in [2.05, 4.69) is 6.07 Å². The maximum atomic E-state index is 13.4. The van der Waals surface area contributed by atoms with Crippen molar-refractivity contribution in [2.45, 2.75) is 17.8 Å². The summed E-state index contributed by atoms with van der Waals surface area (Å²) in [5.41, 5.74) is 3.00. The number of hydrogen-bond acceptors (Lipinski definition) is 6. The number of nitrogens with zero attached hydrogens (tertiary/aromatic N) is 3. The summed E-state index contributed by atoms with van der Waals surface area (Å²) in [6.07, 6.45) is 0. The number of thioether (sulfide) groups is 1. The fourth-order valence-electron chi connectivity index (χ4n) is 3.73. The van der Waals surface area contributed by atoms with Gasteiger partial charge in [0, 0.05) is 22.2 Å². The number of aryl methyl sites for hydroxylation is 1. The van der Waals surface area contributed by atoms with E-state index in [0.29, 0.717) is 43.7 Å². The highest BCUT2D eigenvalue weighted by molar-refractivity contribution is 7.98. The van der Waals surface area contributed by atoms with Gasteiger partial charge in [0.05, 0.1) is 28.2 Å². The fourth-order valence-corrected chi connectivity index (χ4v) is 4.90. The van der Waals surface area contributed by atoms with Gasteiger partial charge in [-0.05, 0) is 66.6 Å². The van der Waals surface area contributed by atoms with Crippen molar-refractivity contribution in [2.24, 2.45) is 0 Å². The number of nitriles is 1. The Bertz CT molecular complexity index is 1730. The Labute approximate surface area is 203 Å². The zero-order valence-electron chi connectivity index (χ0n) is 17.9. The Kier molecular flexibility index (Phi) is 5.70. The number of fused-ring (bicyclic) bond motifs is 2. The SMILES string of the molecule is Cc1cc2oc(=O)cc(CSc3nc4ccccc4c(=O)n3-c3ccc(C#N)cc3)c2cc1Cl. The van der Waals surface area contributed by atoms with Gasteiger partial charge in [0.2, 0.25) is 0 Å². The minimum absolute atomic E-state index is 0.214. The van der Waals surface area contributed by atoms with E-state index in [1.54, 1.807) is 54.6 Å². The molecule has 0 N–H and O–H groups in total. The Balaban J connectivity index is 1.64. The van der Waals surface area contributed by atoms with E-state index >= 15 is 0 Å². The molecule has 8 heteroatoms. The van der Waals surface area contributed by atoms with E-state index in [9.17, 15) is 9.59 Å². The zero-order valence-corrected chi connectivity index (χ0v) is 19.5. The molecule has 166 valence electrons. The number of halogens is 1. The van der Waals surface area contributed by atoms with Crippen LogP contribution in [0, 0.1) is 18.3 Å². The lowest BCUT2D eigenvalue weighted by molar-refractivity contribution is 0.559. The second-order valence-electron chi connectivity index (χ2n) is 7.69. The highest BCUT2D eigenvalue weighted by Gasteiger charge is 2.15. The molecule has 34 heavy (non-hydrogen) atoms. The van der Waals surface area contributed by atoms with Crippen LogP contribution in [0.25, 0.3) is 27.6 Å². The van der Waals surface area contributed by atoms with Crippen LogP contribution in [0.1, 0.15) is 16.7 Å². The third kappa shape index (κ3) is 3.98. The summed E-state index contributed by atoms with van der Waals surface area (Å²) >= 11 is 7.66. The minimum Gasteiger partial charge on any atom is -0.423 e. The van der Waals surface area contributed by atoms with Crippen LogP contribution in [0.5, 0.6) is 0 Å². The van der Waals surface area contributed by atoms with E-state index in [1.165, 1.54) is 22.4 Å². The van der Waals surface area contributed by atoms with Gasteiger partial charge in [0.25, 0.3) is 5.56 Å². The molecule has 0 amide bonds. The summed E-state index contributed by atoms with van der Waals surface area (Å²) in [5, 5.41) is 11.4. The number of benzene rings is 3. The van der Waals surface area contributed by atoms with Crippen molar-refractivity contribution in [1.82, 2.24) is 9.55 Å². The van der Waals surface area contributed by atoms with Crippen molar-refractivity contribution in [1.29, 1.82) is 5.26 Å². The molecule has 0 spiro atoms. The Morgan fingerprint density at radius 2 is 1.82 bits per heavy atom. The van der Waals surface area contributed by atoms with Crippen LogP contribution in [0.3, 0.4) is 0 Å². The van der Waals surface area contributed by atoms with Crippen LogP contribution in [0.4, 0.5) is 0 Å². The second kappa shape index (κ2) is 8.82. The number of para-hydroxylation sites is 1. The highest BCUT2D eigenvalue weighted by Crippen LogP contribution is 2.30. The molecule has 2 heterocycles. The molecule has 0 fully saturated rings. The van der Waals surface area contributed by atoms with Gasteiger partial charge in [0.15, 0.2) is 5.16 Å². The summed E-state index contributed by atoms with van der Waals surface area (Å²) in [5.74, 6) is 0.364. The molecule has 0 atom stereocenters. The summed E-state index contributed by atoms with van der Waals surface area (Å²) in [7, 11) is 0. The fraction of sp³-hybridized carbons (Fsp3) is 0.0769. The van der Waals surface area contributed by atoms with Crippen LogP contribution < -0.4 is 11.2 Å². The van der Waals surface area contributed by atoms with Gasteiger partial charge in [-0.2, -0.15) is 5.26 Å². The first-order chi connectivity index (χ1) is 16.4. The van der Waals surface area contributed by atoms with Crippen LogP contribution >= 0.6 is 23.4 Å². The second-order valence-corrected chi connectivity index (χ2v) is 9.04. The summed E-state index contributed by atoms with van der Waals surface area (Å²) in [6, 6.07) is 21.0. The monoisotopic (exact) mass is 485 g/mol. The van der Waals surface area contributed by atoms with Crippen molar-refractivity contribution in [3.8, 4) is 11.8 Å². The molecule has 3 aromatic carbocycles. The van der Waals surface area contributed by atoms with Crippen molar-refractivity contribution in [2.75, 3.05) is 0 Å². The molecule has 5 aromatic rings. The molecule has 2 aromatic heterocycles. The number of rotatable bonds is 4. The smallest absolute Gasteiger partial charge is 0.336 e. The van der Waals surface area contributed by atoms with Crippen molar-refractivity contribution in [3.05, 3.63) is 109 Å². The third-order valence-corrected chi connectivity index (χ3v) is 6.86. The van der Waals surface area contributed by atoms with Crippen molar-refractivity contribution in [3.63, 3.8) is 0 Å². The van der Waals surface area contributed by atoms with Crippen LogP contribution in [-0.2, 0) is 5.75 Å². The standard InChI is InChI=1S/C26H16ClN3O3S/c1-15-10-23-20(12-21(15)27)17(11-24(31)33-23)14-34-26-29-22-5-3-2-4-19(22)25(32)30(26)18-8-6-16(13-28)7-9-18/h2-12H,14H2,1H3. The van der Waals surface area contributed by atoms with E-state index in [1.807, 2.05) is 13.0 Å². The van der Waals surface area contributed by atoms with E-state index in [4.69, 9.17) is 26.3 Å². The maximum Gasteiger partial charge on any atom is 0.336 e. The molecule has 6 nitrogen and oxygen atoms in total.